The highest BCUT2D eigenvalue weighted by Crippen LogP contribution is 2.23. The van der Waals surface area contributed by atoms with Crippen LogP contribution in [-0.2, 0) is 11.2 Å². The topological polar surface area (TPSA) is 51.7 Å². The molecule has 33 heavy (non-hydrogen) atoms. The van der Waals surface area contributed by atoms with Crippen molar-refractivity contribution in [2.75, 3.05) is 13.2 Å². The number of nitrogens with zero attached hydrogens (tertiary/aromatic N) is 2. The number of likely N-dealkylation sites (tertiary alicyclic amines) is 1. The van der Waals surface area contributed by atoms with E-state index < -0.39 is 5.60 Å². The van der Waals surface area contributed by atoms with Crippen molar-refractivity contribution in [3.8, 4) is 17.6 Å². The number of rotatable bonds is 6. The summed E-state index contributed by atoms with van der Waals surface area (Å²) in [4.78, 5) is 18.5. The number of hydrogen-bond donors (Lipinski definition) is 0. The molecule has 176 valence electrons. The maximum absolute atomic E-state index is 12.3. The molecule has 1 amide bonds. The Morgan fingerprint density at radius 2 is 2.00 bits per heavy atom. The van der Waals surface area contributed by atoms with E-state index in [0.717, 1.165) is 30.5 Å². The molecule has 5 heteroatoms. The third kappa shape index (κ3) is 6.99. The van der Waals surface area contributed by atoms with E-state index in [1.807, 2.05) is 33.8 Å². The largest absolute Gasteiger partial charge is 0.490 e. The molecule has 1 aliphatic heterocycles. The van der Waals surface area contributed by atoms with Crippen LogP contribution < -0.4 is 4.74 Å². The summed E-state index contributed by atoms with van der Waals surface area (Å²) in [5.41, 5.74) is 3.82. The number of hydrogen-bond acceptors (Lipinski definition) is 4. The van der Waals surface area contributed by atoms with Crippen LogP contribution >= 0.6 is 0 Å². The average Bonchev–Trinajstić information content (AvgIpc) is 2.72. The molecule has 0 N–H and O–H groups in total. The van der Waals surface area contributed by atoms with E-state index >= 15 is 0 Å². The van der Waals surface area contributed by atoms with Gasteiger partial charge in [0.15, 0.2) is 0 Å². The van der Waals surface area contributed by atoms with Gasteiger partial charge in [-0.2, -0.15) is 0 Å². The van der Waals surface area contributed by atoms with Crippen molar-refractivity contribution in [1.82, 2.24) is 9.88 Å². The molecule has 0 saturated carbocycles. The summed E-state index contributed by atoms with van der Waals surface area (Å²) in [5.74, 6) is 7.42. The van der Waals surface area contributed by atoms with Gasteiger partial charge in [0.05, 0.1) is 17.9 Å². The Labute approximate surface area is 198 Å². The first kappa shape index (κ1) is 24.6. The third-order valence-electron chi connectivity index (χ3n) is 5.72. The minimum Gasteiger partial charge on any atom is -0.490 e. The van der Waals surface area contributed by atoms with Crippen molar-refractivity contribution >= 4 is 6.09 Å². The minimum absolute atomic E-state index is 0.0198. The van der Waals surface area contributed by atoms with E-state index in [-0.39, 0.29) is 18.1 Å². The first-order chi connectivity index (χ1) is 15.7. The predicted octanol–water partition coefficient (Wildman–Crippen LogP) is 5.89. The molecule has 1 saturated heterocycles. The lowest BCUT2D eigenvalue weighted by Crippen LogP contribution is -2.55. The maximum atomic E-state index is 12.3. The van der Waals surface area contributed by atoms with Crippen molar-refractivity contribution in [1.29, 1.82) is 0 Å². The first-order valence-electron chi connectivity index (χ1n) is 11.9. The summed E-state index contributed by atoms with van der Waals surface area (Å²) in [6.45, 7) is 13.0. The molecule has 2 aromatic rings. The van der Waals surface area contributed by atoms with E-state index in [1.165, 1.54) is 11.1 Å². The molecular formula is C28H36N2O3. The molecule has 2 heterocycles. The van der Waals surface area contributed by atoms with E-state index in [0.29, 0.717) is 18.9 Å². The molecule has 1 aromatic carbocycles. The number of aromatic nitrogens is 1. The molecule has 0 radical (unpaired) electrons. The zero-order chi connectivity index (χ0) is 24.0. The second-order valence-corrected chi connectivity index (χ2v) is 9.71. The van der Waals surface area contributed by atoms with Gasteiger partial charge in [-0.1, -0.05) is 49.5 Å². The Morgan fingerprint density at radius 1 is 1.27 bits per heavy atom. The molecule has 1 fully saturated rings. The standard InChI is InChI=1S/C28H36N2O3/c1-7-8-22-10-13-23(14-11-22)20(2)9-12-24-17-26(18-29-21(24)3)32-19-25-15-16-30(25)27(31)33-28(4,5)6/h10-11,13-14,17-18,20,25H,7-8,15-16,19H2,1-6H3/t20-,25+/m1/s1. The molecule has 3 rings (SSSR count). The van der Waals surface area contributed by atoms with Gasteiger partial charge in [0.1, 0.15) is 18.0 Å². The summed E-state index contributed by atoms with van der Waals surface area (Å²) in [6.07, 6.45) is 4.59. The average molecular weight is 449 g/mol. The fourth-order valence-electron chi connectivity index (χ4n) is 3.62. The zero-order valence-corrected chi connectivity index (χ0v) is 20.8. The van der Waals surface area contributed by atoms with Crippen LogP contribution in [-0.4, -0.2) is 40.8 Å². The molecule has 1 aliphatic rings. The van der Waals surface area contributed by atoms with Gasteiger partial charge in [0.25, 0.3) is 0 Å². The van der Waals surface area contributed by atoms with Crippen molar-refractivity contribution in [2.24, 2.45) is 0 Å². The Bertz CT molecular complexity index is 1010. The summed E-state index contributed by atoms with van der Waals surface area (Å²) < 4.78 is 11.4. The number of benzene rings is 1. The first-order valence-corrected chi connectivity index (χ1v) is 11.9. The van der Waals surface area contributed by atoms with Gasteiger partial charge < -0.3 is 14.4 Å². The van der Waals surface area contributed by atoms with Crippen LogP contribution in [0.3, 0.4) is 0 Å². The lowest BCUT2D eigenvalue weighted by Gasteiger charge is -2.40. The second-order valence-electron chi connectivity index (χ2n) is 9.71. The smallest absolute Gasteiger partial charge is 0.410 e. The van der Waals surface area contributed by atoms with Crippen LogP contribution in [0.1, 0.15) is 75.8 Å². The number of pyridine rings is 1. The lowest BCUT2D eigenvalue weighted by molar-refractivity contribution is -0.0141. The number of carbonyl (C=O) groups is 1. The van der Waals surface area contributed by atoms with Crippen LogP contribution in [0.2, 0.25) is 0 Å². The highest BCUT2D eigenvalue weighted by molar-refractivity contribution is 5.69. The summed E-state index contributed by atoms with van der Waals surface area (Å²) in [7, 11) is 0. The van der Waals surface area contributed by atoms with Gasteiger partial charge in [-0.25, -0.2) is 4.79 Å². The predicted molar refractivity (Wildman–Crippen MR) is 132 cm³/mol. The Balaban J connectivity index is 1.60. The van der Waals surface area contributed by atoms with Crippen molar-refractivity contribution in [2.45, 2.75) is 78.4 Å². The molecule has 1 aromatic heterocycles. The van der Waals surface area contributed by atoms with Crippen molar-refractivity contribution in [3.05, 3.63) is 58.9 Å². The van der Waals surface area contributed by atoms with Gasteiger partial charge in [-0.3, -0.25) is 4.98 Å². The normalized spacial score (nSPS) is 16.3. The fraction of sp³-hybridized carbons (Fsp3) is 0.500. The number of amides is 1. The highest BCUT2D eigenvalue weighted by Gasteiger charge is 2.35. The molecule has 0 aliphatic carbocycles. The summed E-state index contributed by atoms with van der Waals surface area (Å²) >= 11 is 0. The summed E-state index contributed by atoms with van der Waals surface area (Å²) in [5, 5.41) is 0. The molecule has 0 spiro atoms. The summed E-state index contributed by atoms with van der Waals surface area (Å²) in [6, 6.07) is 10.7. The molecule has 2 atom stereocenters. The Kier molecular flexibility index (Phi) is 8.02. The molecule has 0 bridgehead atoms. The quantitative estimate of drug-likeness (QED) is 0.517. The Hall–Kier alpha value is -3.00. The van der Waals surface area contributed by atoms with Crippen LogP contribution in [0.15, 0.2) is 36.5 Å². The number of aryl methyl sites for hydroxylation is 2. The Morgan fingerprint density at radius 3 is 2.61 bits per heavy atom. The second kappa shape index (κ2) is 10.7. The maximum Gasteiger partial charge on any atom is 0.410 e. The third-order valence-corrected chi connectivity index (χ3v) is 5.72. The van der Waals surface area contributed by atoms with Crippen LogP contribution in [0.25, 0.3) is 0 Å². The molecule has 5 nitrogen and oxygen atoms in total. The fourth-order valence-corrected chi connectivity index (χ4v) is 3.62. The lowest BCUT2D eigenvalue weighted by atomic mass is 9.99. The van der Waals surface area contributed by atoms with E-state index in [4.69, 9.17) is 9.47 Å². The van der Waals surface area contributed by atoms with E-state index in [2.05, 4.69) is 54.9 Å². The van der Waals surface area contributed by atoms with Crippen molar-refractivity contribution < 1.29 is 14.3 Å². The van der Waals surface area contributed by atoms with Crippen molar-refractivity contribution in [3.63, 3.8) is 0 Å². The number of ether oxygens (including phenoxy) is 2. The van der Waals surface area contributed by atoms with E-state index in [9.17, 15) is 4.79 Å². The van der Waals surface area contributed by atoms with Crippen LogP contribution in [0.5, 0.6) is 5.75 Å². The monoisotopic (exact) mass is 448 g/mol. The SMILES string of the molecule is CCCc1ccc([C@H](C)C#Cc2cc(OC[C@@H]3CCN3C(=O)OC(C)(C)C)cnc2C)cc1. The zero-order valence-electron chi connectivity index (χ0n) is 20.8. The van der Waals surface area contributed by atoms with E-state index in [1.54, 1.807) is 11.1 Å². The van der Waals surface area contributed by atoms with Gasteiger partial charge >= 0.3 is 6.09 Å². The van der Waals surface area contributed by atoms with Gasteiger partial charge in [0, 0.05) is 18.0 Å². The molecule has 0 unspecified atom stereocenters. The molecular weight excluding hydrogens is 412 g/mol. The minimum atomic E-state index is -0.499. The van der Waals surface area contributed by atoms with Gasteiger partial charge in [0.2, 0.25) is 0 Å². The van der Waals surface area contributed by atoms with Crippen LogP contribution in [0, 0.1) is 18.8 Å². The van der Waals surface area contributed by atoms with Gasteiger partial charge in [-0.05, 0) is 64.7 Å². The van der Waals surface area contributed by atoms with Gasteiger partial charge in [-0.15, -0.1) is 0 Å². The highest BCUT2D eigenvalue weighted by atomic mass is 16.6. The number of carbonyl (C=O) groups excluding carboxylic acids is 1. The van der Waals surface area contributed by atoms with Crippen LogP contribution in [0.4, 0.5) is 4.79 Å².